The second kappa shape index (κ2) is 3.92. The van der Waals surface area contributed by atoms with Gasteiger partial charge in [0.05, 0.1) is 0 Å². The fraction of sp³-hybridized carbons (Fsp3) is 0. The zero-order chi connectivity index (χ0) is 10.8. The fourth-order valence-electron chi connectivity index (χ4n) is 1.21. The van der Waals surface area contributed by atoms with Gasteiger partial charge in [0.25, 0.3) is 0 Å². The molecule has 6 heteroatoms. The van der Waals surface area contributed by atoms with E-state index < -0.39 is 0 Å². The molecule has 0 radical (unpaired) electrons. The first-order valence-electron chi connectivity index (χ1n) is 4.10. The highest BCUT2D eigenvalue weighted by atomic mass is 32.1. The lowest BCUT2D eigenvalue weighted by Gasteiger charge is -1.90. The standard InChI is InChI=1S/C9H7N3OS2/c10-9(14)12-11-7-5-3-1-2-4-6(5)15-8(7)13/h1-4,13H,(H2,10,14). The Kier molecular flexibility index (Phi) is 2.61. The summed E-state index contributed by atoms with van der Waals surface area (Å²) in [6.45, 7) is 0. The smallest absolute Gasteiger partial charge is 0.211 e. The normalized spacial score (nSPS) is 11.2. The summed E-state index contributed by atoms with van der Waals surface area (Å²) in [7, 11) is 0. The lowest BCUT2D eigenvalue weighted by molar-refractivity contribution is 0.492. The van der Waals surface area contributed by atoms with Crippen molar-refractivity contribution in [2.24, 2.45) is 16.0 Å². The maximum atomic E-state index is 9.63. The van der Waals surface area contributed by atoms with Crippen LogP contribution < -0.4 is 5.73 Å². The van der Waals surface area contributed by atoms with Crippen LogP contribution in [0.15, 0.2) is 34.5 Å². The molecule has 0 bridgehead atoms. The van der Waals surface area contributed by atoms with Gasteiger partial charge >= 0.3 is 0 Å². The Labute approximate surface area is 95.1 Å². The average Bonchev–Trinajstić information content (AvgIpc) is 2.50. The van der Waals surface area contributed by atoms with Gasteiger partial charge in [-0.2, -0.15) is 0 Å². The van der Waals surface area contributed by atoms with Gasteiger partial charge in [0.15, 0.2) is 0 Å². The van der Waals surface area contributed by atoms with Crippen molar-refractivity contribution in [3.63, 3.8) is 0 Å². The quantitative estimate of drug-likeness (QED) is 0.591. The topological polar surface area (TPSA) is 71.0 Å². The summed E-state index contributed by atoms with van der Waals surface area (Å²) in [6.07, 6.45) is 0. The highest BCUT2D eigenvalue weighted by Gasteiger charge is 2.09. The predicted molar refractivity (Wildman–Crippen MR) is 64.8 cm³/mol. The van der Waals surface area contributed by atoms with E-state index in [0.29, 0.717) is 5.69 Å². The number of rotatable bonds is 1. The van der Waals surface area contributed by atoms with Crippen molar-refractivity contribution in [3.8, 4) is 5.06 Å². The predicted octanol–water partition coefficient (Wildman–Crippen LogP) is 2.93. The molecule has 0 aliphatic rings. The van der Waals surface area contributed by atoms with Crippen molar-refractivity contribution in [1.82, 2.24) is 0 Å². The second-order valence-corrected chi connectivity index (χ2v) is 4.24. The van der Waals surface area contributed by atoms with Gasteiger partial charge in [-0.05, 0) is 18.3 Å². The molecule has 0 aliphatic heterocycles. The number of benzene rings is 1. The Balaban J connectivity index is 2.59. The minimum Gasteiger partial charge on any atom is -0.498 e. The molecule has 0 aliphatic carbocycles. The Morgan fingerprint density at radius 3 is 2.87 bits per heavy atom. The van der Waals surface area contributed by atoms with E-state index in [2.05, 4.69) is 22.4 Å². The van der Waals surface area contributed by atoms with Gasteiger partial charge in [0, 0.05) is 10.1 Å². The van der Waals surface area contributed by atoms with Crippen molar-refractivity contribution >= 4 is 44.4 Å². The van der Waals surface area contributed by atoms with Crippen LogP contribution in [-0.4, -0.2) is 10.2 Å². The van der Waals surface area contributed by atoms with Crippen LogP contribution in [0.3, 0.4) is 0 Å². The highest BCUT2D eigenvalue weighted by Crippen LogP contribution is 2.43. The first kappa shape index (κ1) is 10.0. The van der Waals surface area contributed by atoms with Gasteiger partial charge in [-0.25, -0.2) is 0 Å². The molecule has 1 aromatic heterocycles. The molecule has 1 heterocycles. The summed E-state index contributed by atoms with van der Waals surface area (Å²) in [4.78, 5) is 0. The van der Waals surface area contributed by atoms with E-state index in [1.165, 1.54) is 11.3 Å². The number of hydrogen-bond acceptors (Lipinski definition) is 4. The third-order valence-corrected chi connectivity index (χ3v) is 2.84. The third kappa shape index (κ3) is 1.95. The number of azo groups is 1. The molecule has 2 rings (SSSR count). The summed E-state index contributed by atoms with van der Waals surface area (Å²) in [5.41, 5.74) is 5.62. The molecule has 0 atom stereocenters. The second-order valence-electron chi connectivity index (χ2n) is 2.79. The van der Waals surface area contributed by atoms with E-state index in [1.54, 1.807) is 0 Å². The van der Waals surface area contributed by atoms with E-state index in [9.17, 15) is 5.11 Å². The molecular weight excluding hydrogens is 230 g/mol. The van der Waals surface area contributed by atoms with Crippen LogP contribution >= 0.6 is 23.6 Å². The molecule has 1 aromatic carbocycles. The minimum atomic E-state index is -0.0512. The van der Waals surface area contributed by atoms with Crippen molar-refractivity contribution in [1.29, 1.82) is 0 Å². The van der Waals surface area contributed by atoms with Gasteiger partial charge in [-0.15, -0.1) is 10.2 Å². The molecule has 76 valence electrons. The van der Waals surface area contributed by atoms with Crippen molar-refractivity contribution < 1.29 is 5.11 Å². The number of thiophene rings is 1. The van der Waals surface area contributed by atoms with Crippen LogP contribution in [0, 0.1) is 0 Å². The molecular formula is C9H7N3OS2. The SMILES string of the molecule is NC(=S)N=Nc1c(O)sc2ccccc12. The fourth-order valence-corrected chi connectivity index (χ4v) is 2.13. The molecule has 2 aromatic rings. The minimum absolute atomic E-state index is 0.0512. The lowest BCUT2D eigenvalue weighted by Crippen LogP contribution is -2.01. The Morgan fingerprint density at radius 2 is 2.13 bits per heavy atom. The van der Waals surface area contributed by atoms with Gasteiger partial charge in [0.2, 0.25) is 10.2 Å². The number of aromatic hydroxyl groups is 1. The number of nitrogens with zero attached hydrogens (tertiary/aromatic N) is 2. The number of nitrogens with two attached hydrogens (primary N) is 1. The zero-order valence-corrected chi connectivity index (χ0v) is 9.18. The average molecular weight is 237 g/mol. The lowest BCUT2D eigenvalue weighted by atomic mass is 10.2. The molecule has 0 amide bonds. The largest absolute Gasteiger partial charge is 0.498 e. The van der Waals surface area contributed by atoms with E-state index in [1.807, 2.05) is 24.3 Å². The van der Waals surface area contributed by atoms with Crippen LogP contribution in [0.2, 0.25) is 0 Å². The van der Waals surface area contributed by atoms with Crippen molar-refractivity contribution in [3.05, 3.63) is 24.3 Å². The maximum absolute atomic E-state index is 9.63. The van der Waals surface area contributed by atoms with E-state index in [0.717, 1.165) is 10.1 Å². The van der Waals surface area contributed by atoms with Gasteiger partial charge in [-0.1, -0.05) is 29.5 Å². The van der Waals surface area contributed by atoms with E-state index >= 15 is 0 Å². The summed E-state index contributed by atoms with van der Waals surface area (Å²) in [5, 5.41) is 17.9. The first-order valence-corrected chi connectivity index (χ1v) is 5.32. The van der Waals surface area contributed by atoms with Crippen LogP contribution in [0.25, 0.3) is 10.1 Å². The molecule has 0 fully saturated rings. The Hall–Kier alpha value is -1.53. The van der Waals surface area contributed by atoms with Crippen molar-refractivity contribution in [2.75, 3.05) is 0 Å². The zero-order valence-electron chi connectivity index (χ0n) is 7.54. The van der Waals surface area contributed by atoms with Crippen LogP contribution in [0.4, 0.5) is 5.69 Å². The summed E-state index contributed by atoms with van der Waals surface area (Å²) in [5.74, 6) is 0. The number of hydrogen-bond donors (Lipinski definition) is 2. The molecule has 4 nitrogen and oxygen atoms in total. The molecule has 0 unspecified atom stereocenters. The van der Waals surface area contributed by atoms with Crippen LogP contribution in [0.5, 0.6) is 5.06 Å². The molecule has 0 saturated heterocycles. The number of thiocarbonyl (C=S) groups is 1. The summed E-state index contributed by atoms with van der Waals surface area (Å²) >= 11 is 5.82. The molecule has 3 N–H and O–H groups in total. The highest BCUT2D eigenvalue weighted by molar-refractivity contribution is 7.80. The van der Waals surface area contributed by atoms with Crippen LogP contribution in [0.1, 0.15) is 0 Å². The van der Waals surface area contributed by atoms with Gasteiger partial charge in [0.1, 0.15) is 5.69 Å². The van der Waals surface area contributed by atoms with Crippen LogP contribution in [-0.2, 0) is 0 Å². The molecule has 0 spiro atoms. The number of fused-ring (bicyclic) bond motifs is 1. The van der Waals surface area contributed by atoms with E-state index in [-0.39, 0.29) is 10.2 Å². The van der Waals surface area contributed by atoms with E-state index in [4.69, 9.17) is 5.73 Å². The molecule has 15 heavy (non-hydrogen) atoms. The maximum Gasteiger partial charge on any atom is 0.211 e. The monoisotopic (exact) mass is 237 g/mol. The molecule has 0 saturated carbocycles. The summed E-state index contributed by atoms with van der Waals surface area (Å²) in [6, 6.07) is 7.53. The third-order valence-electron chi connectivity index (χ3n) is 1.80. The Morgan fingerprint density at radius 1 is 1.40 bits per heavy atom. The Bertz CT molecular complexity index is 547. The van der Waals surface area contributed by atoms with Gasteiger partial charge in [-0.3, -0.25) is 0 Å². The first-order chi connectivity index (χ1) is 7.18. The van der Waals surface area contributed by atoms with Crippen molar-refractivity contribution in [2.45, 2.75) is 0 Å². The van der Waals surface area contributed by atoms with Gasteiger partial charge < -0.3 is 10.8 Å². The summed E-state index contributed by atoms with van der Waals surface area (Å²) < 4.78 is 0.951.